The lowest BCUT2D eigenvalue weighted by atomic mass is 10.0. The first-order valence-corrected chi connectivity index (χ1v) is 6.03. The van der Waals surface area contributed by atoms with E-state index in [0.717, 1.165) is 18.1 Å². The van der Waals surface area contributed by atoms with Crippen molar-refractivity contribution in [3.63, 3.8) is 0 Å². The summed E-state index contributed by atoms with van der Waals surface area (Å²) in [7, 11) is 0. The van der Waals surface area contributed by atoms with Crippen molar-refractivity contribution in [1.82, 2.24) is 5.32 Å². The van der Waals surface area contributed by atoms with Gasteiger partial charge in [0.25, 0.3) is 0 Å². The van der Waals surface area contributed by atoms with E-state index in [1.54, 1.807) is 6.26 Å². The molecule has 0 spiro atoms. The summed E-state index contributed by atoms with van der Waals surface area (Å²) in [4.78, 5) is 0. The molecule has 0 fully saturated rings. The third-order valence-corrected chi connectivity index (χ3v) is 2.73. The molecular formula is C13H23NO2. The number of aliphatic hydroxyl groups excluding tert-OH is 1. The monoisotopic (exact) mass is 225 g/mol. The van der Waals surface area contributed by atoms with Crippen molar-refractivity contribution in [2.24, 2.45) is 5.92 Å². The van der Waals surface area contributed by atoms with Gasteiger partial charge >= 0.3 is 0 Å². The van der Waals surface area contributed by atoms with Crippen LogP contribution in [0.5, 0.6) is 0 Å². The predicted molar refractivity (Wildman–Crippen MR) is 65.2 cm³/mol. The molecule has 0 saturated heterocycles. The van der Waals surface area contributed by atoms with E-state index in [4.69, 9.17) is 4.42 Å². The molecular weight excluding hydrogens is 202 g/mol. The Bertz CT molecular complexity index is 269. The fourth-order valence-corrected chi connectivity index (χ4v) is 1.72. The molecule has 0 bridgehead atoms. The minimum Gasteiger partial charge on any atom is -0.468 e. The van der Waals surface area contributed by atoms with Crippen LogP contribution in [0.25, 0.3) is 0 Å². The van der Waals surface area contributed by atoms with Crippen LogP contribution in [0.2, 0.25) is 0 Å². The Morgan fingerprint density at radius 2 is 2.06 bits per heavy atom. The summed E-state index contributed by atoms with van der Waals surface area (Å²) in [5.74, 6) is 1.53. The van der Waals surface area contributed by atoms with E-state index >= 15 is 0 Å². The molecule has 3 heteroatoms. The summed E-state index contributed by atoms with van der Waals surface area (Å²) in [6.45, 7) is 6.67. The number of nitrogens with one attached hydrogen (secondary N) is 1. The second-order valence-electron chi connectivity index (χ2n) is 4.79. The topological polar surface area (TPSA) is 45.4 Å². The predicted octanol–water partition coefficient (Wildman–Crippen LogP) is 2.73. The normalized spacial score (nSPS) is 15.3. The van der Waals surface area contributed by atoms with Crippen LogP contribution in [0.3, 0.4) is 0 Å². The fourth-order valence-electron chi connectivity index (χ4n) is 1.72. The van der Waals surface area contributed by atoms with E-state index in [0.29, 0.717) is 6.04 Å². The Morgan fingerprint density at radius 1 is 1.31 bits per heavy atom. The van der Waals surface area contributed by atoms with Crippen molar-refractivity contribution in [2.45, 2.75) is 45.7 Å². The van der Waals surface area contributed by atoms with Crippen molar-refractivity contribution in [1.29, 1.82) is 0 Å². The minimum atomic E-state index is -0.0860. The molecule has 0 saturated carbocycles. The molecule has 0 aliphatic carbocycles. The Balaban J connectivity index is 2.38. The lowest BCUT2D eigenvalue weighted by Crippen LogP contribution is -2.32. The number of hydrogen-bond acceptors (Lipinski definition) is 3. The van der Waals surface area contributed by atoms with Gasteiger partial charge in [-0.25, -0.2) is 0 Å². The van der Waals surface area contributed by atoms with E-state index < -0.39 is 0 Å². The summed E-state index contributed by atoms with van der Waals surface area (Å²) in [6.07, 6.45) is 3.96. The molecule has 0 amide bonds. The Kier molecular flexibility index (Phi) is 5.56. The molecule has 2 N–H and O–H groups in total. The van der Waals surface area contributed by atoms with Crippen LogP contribution in [-0.2, 0) is 0 Å². The molecule has 1 aromatic heterocycles. The SMILES string of the molecule is CC(C)CCC(C)NC(CO)c1ccco1. The number of hydrogen-bond donors (Lipinski definition) is 2. The standard InChI is InChI=1S/C13H23NO2/c1-10(2)6-7-11(3)14-12(9-15)13-5-4-8-16-13/h4-5,8,10-12,14-15H,6-7,9H2,1-3H3. The van der Waals surface area contributed by atoms with E-state index in [1.807, 2.05) is 12.1 Å². The van der Waals surface area contributed by atoms with Crippen molar-refractivity contribution in [3.8, 4) is 0 Å². The van der Waals surface area contributed by atoms with Gasteiger partial charge < -0.3 is 14.8 Å². The first-order valence-electron chi connectivity index (χ1n) is 6.03. The van der Waals surface area contributed by atoms with Crippen LogP contribution in [0, 0.1) is 5.92 Å². The van der Waals surface area contributed by atoms with Crippen LogP contribution < -0.4 is 5.32 Å². The fraction of sp³-hybridized carbons (Fsp3) is 0.692. The average molecular weight is 225 g/mol. The highest BCUT2D eigenvalue weighted by atomic mass is 16.3. The Morgan fingerprint density at radius 3 is 2.56 bits per heavy atom. The van der Waals surface area contributed by atoms with Crippen LogP contribution in [0.1, 0.15) is 45.4 Å². The Labute approximate surface area is 97.9 Å². The van der Waals surface area contributed by atoms with Gasteiger partial charge in [-0.3, -0.25) is 0 Å². The largest absolute Gasteiger partial charge is 0.468 e. The highest BCUT2D eigenvalue weighted by molar-refractivity contribution is 5.04. The average Bonchev–Trinajstić information content (AvgIpc) is 2.76. The van der Waals surface area contributed by atoms with Crippen LogP contribution in [-0.4, -0.2) is 17.8 Å². The van der Waals surface area contributed by atoms with Gasteiger partial charge in [0, 0.05) is 6.04 Å². The molecule has 92 valence electrons. The third kappa shape index (κ3) is 4.37. The first-order chi connectivity index (χ1) is 7.63. The van der Waals surface area contributed by atoms with Gasteiger partial charge in [0.05, 0.1) is 18.9 Å². The van der Waals surface area contributed by atoms with Gasteiger partial charge in [-0.2, -0.15) is 0 Å². The van der Waals surface area contributed by atoms with Crippen molar-refractivity contribution in [2.75, 3.05) is 6.61 Å². The Hall–Kier alpha value is -0.800. The summed E-state index contributed by atoms with van der Waals surface area (Å²) in [5, 5.41) is 12.7. The highest BCUT2D eigenvalue weighted by Gasteiger charge is 2.15. The van der Waals surface area contributed by atoms with E-state index in [-0.39, 0.29) is 12.6 Å². The number of aliphatic hydroxyl groups is 1. The van der Waals surface area contributed by atoms with Crippen LogP contribution in [0.15, 0.2) is 22.8 Å². The van der Waals surface area contributed by atoms with Gasteiger partial charge in [-0.15, -0.1) is 0 Å². The zero-order valence-corrected chi connectivity index (χ0v) is 10.4. The maximum atomic E-state index is 9.30. The maximum Gasteiger partial charge on any atom is 0.123 e. The zero-order chi connectivity index (χ0) is 12.0. The van der Waals surface area contributed by atoms with E-state index in [2.05, 4.69) is 26.1 Å². The molecule has 1 aromatic rings. The number of furan rings is 1. The van der Waals surface area contributed by atoms with Gasteiger partial charge in [0.2, 0.25) is 0 Å². The van der Waals surface area contributed by atoms with Crippen LogP contribution in [0.4, 0.5) is 0 Å². The van der Waals surface area contributed by atoms with Crippen molar-refractivity contribution >= 4 is 0 Å². The smallest absolute Gasteiger partial charge is 0.123 e. The van der Waals surface area contributed by atoms with Crippen molar-refractivity contribution in [3.05, 3.63) is 24.2 Å². The molecule has 16 heavy (non-hydrogen) atoms. The van der Waals surface area contributed by atoms with Crippen LogP contribution >= 0.6 is 0 Å². The minimum absolute atomic E-state index is 0.0690. The van der Waals surface area contributed by atoms with Crippen molar-refractivity contribution < 1.29 is 9.52 Å². The van der Waals surface area contributed by atoms with E-state index in [9.17, 15) is 5.11 Å². The second kappa shape index (κ2) is 6.71. The lowest BCUT2D eigenvalue weighted by molar-refractivity contribution is 0.213. The molecule has 0 aliphatic heterocycles. The van der Waals surface area contributed by atoms with Gasteiger partial charge in [-0.1, -0.05) is 13.8 Å². The quantitative estimate of drug-likeness (QED) is 0.750. The molecule has 0 radical (unpaired) electrons. The molecule has 2 atom stereocenters. The molecule has 1 rings (SSSR count). The van der Waals surface area contributed by atoms with Gasteiger partial charge in [0.15, 0.2) is 0 Å². The molecule has 2 unspecified atom stereocenters. The van der Waals surface area contributed by atoms with Gasteiger partial charge in [-0.05, 0) is 37.8 Å². The molecule has 0 aromatic carbocycles. The summed E-state index contributed by atoms with van der Waals surface area (Å²) >= 11 is 0. The van der Waals surface area contributed by atoms with Gasteiger partial charge in [0.1, 0.15) is 5.76 Å². The molecule has 1 heterocycles. The maximum absolute atomic E-state index is 9.30. The first kappa shape index (κ1) is 13.3. The third-order valence-electron chi connectivity index (χ3n) is 2.73. The summed E-state index contributed by atoms with van der Waals surface area (Å²) in [5.41, 5.74) is 0. The zero-order valence-electron chi connectivity index (χ0n) is 10.4. The van der Waals surface area contributed by atoms with E-state index in [1.165, 1.54) is 6.42 Å². The summed E-state index contributed by atoms with van der Waals surface area (Å²) in [6, 6.07) is 4.04. The lowest BCUT2D eigenvalue weighted by Gasteiger charge is -2.20. The molecule has 0 aliphatic rings. The molecule has 3 nitrogen and oxygen atoms in total. The number of rotatable bonds is 7. The summed E-state index contributed by atoms with van der Waals surface area (Å²) < 4.78 is 5.29. The highest BCUT2D eigenvalue weighted by Crippen LogP contribution is 2.15. The second-order valence-corrected chi connectivity index (χ2v) is 4.79.